The summed E-state index contributed by atoms with van der Waals surface area (Å²) in [6, 6.07) is 5.97. The molecule has 3 amide bonds. The van der Waals surface area contributed by atoms with Gasteiger partial charge in [-0.2, -0.15) is 0 Å². The van der Waals surface area contributed by atoms with Crippen LogP contribution in [0.2, 0.25) is 0 Å². The van der Waals surface area contributed by atoms with Crippen molar-refractivity contribution < 1.29 is 23.9 Å². The maximum Gasteiger partial charge on any atom is 0.319 e. The van der Waals surface area contributed by atoms with Gasteiger partial charge in [-0.1, -0.05) is 19.4 Å². The average Bonchev–Trinajstić information content (AvgIpc) is 2.73. The largest absolute Gasteiger partial charge is 0.497 e. The molecule has 0 spiro atoms. The van der Waals surface area contributed by atoms with Gasteiger partial charge in [-0.3, -0.25) is 9.59 Å². The number of hydrogen-bond acceptors (Lipinski definition) is 5. The molecule has 8 nitrogen and oxygen atoms in total. The van der Waals surface area contributed by atoms with E-state index in [1.807, 2.05) is 6.92 Å². The number of nitrogens with one attached hydrogen (secondary N) is 2. The van der Waals surface area contributed by atoms with E-state index < -0.39 is 12.1 Å². The van der Waals surface area contributed by atoms with Gasteiger partial charge in [0.15, 0.2) is 0 Å². The van der Waals surface area contributed by atoms with Crippen molar-refractivity contribution in [2.75, 3.05) is 32.1 Å². The second kappa shape index (κ2) is 11.3. The van der Waals surface area contributed by atoms with Crippen molar-refractivity contribution in [1.29, 1.82) is 0 Å². The first-order valence-electron chi connectivity index (χ1n) is 10.1. The number of piperidine rings is 1. The summed E-state index contributed by atoms with van der Waals surface area (Å²) in [5, 5.41) is 5.52. The van der Waals surface area contributed by atoms with Gasteiger partial charge in [-0.25, -0.2) is 4.79 Å². The molecule has 1 atom stereocenters. The third-order valence-corrected chi connectivity index (χ3v) is 4.93. The molecular weight excluding hydrogens is 374 g/mol. The van der Waals surface area contributed by atoms with E-state index in [9.17, 15) is 14.4 Å². The summed E-state index contributed by atoms with van der Waals surface area (Å²) in [5.41, 5.74) is 0.583. The SMILES string of the molecule is CCCC(NC(=O)Nc1cccc(OC)c1)C(=O)N1CCC(C(=O)OCC)CC1. The predicted molar refractivity (Wildman–Crippen MR) is 110 cm³/mol. The molecule has 0 radical (unpaired) electrons. The van der Waals surface area contributed by atoms with Crippen LogP contribution in [0, 0.1) is 5.92 Å². The highest BCUT2D eigenvalue weighted by atomic mass is 16.5. The number of amides is 3. The molecule has 1 aliphatic heterocycles. The highest BCUT2D eigenvalue weighted by Gasteiger charge is 2.31. The van der Waals surface area contributed by atoms with Crippen LogP contribution in [0.25, 0.3) is 0 Å². The number of carbonyl (C=O) groups is 3. The number of nitrogens with zero attached hydrogens (tertiary/aromatic N) is 1. The summed E-state index contributed by atoms with van der Waals surface area (Å²) in [6.07, 6.45) is 2.47. The monoisotopic (exact) mass is 405 g/mol. The molecule has 0 bridgehead atoms. The zero-order chi connectivity index (χ0) is 21.2. The Hall–Kier alpha value is -2.77. The van der Waals surface area contributed by atoms with E-state index in [4.69, 9.17) is 9.47 Å². The van der Waals surface area contributed by atoms with Crippen molar-refractivity contribution in [3.05, 3.63) is 24.3 Å². The smallest absolute Gasteiger partial charge is 0.319 e. The van der Waals surface area contributed by atoms with Gasteiger partial charge in [-0.05, 0) is 38.3 Å². The first-order chi connectivity index (χ1) is 14.0. The van der Waals surface area contributed by atoms with Crippen LogP contribution in [0.3, 0.4) is 0 Å². The Balaban J connectivity index is 1.91. The Labute approximate surface area is 171 Å². The van der Waals surface area contributed by atoms with Crippen molar-refractivity contribution >= 4 is 23.6 Å². The van der Waals surface area contributed by atoms with Gasteiger partial charge in [0.1, 0.15) is 11.8 Å². The summed E-state index contributed by atoms with van der Waals surface area (Å²) < 4.78 is 10.2. The molecule has 29 heavy (non-hydrogen) atoms. The van der Waals surface area contributed by atoms with Crippen LogP contribution >= 0.6 is 0 Å². The Morgan fingerprint density at radius 2 is 1.93 bits per heavy atom. The number of hydrogen-bond donors (Lipinski definition) is 2. The van der Waals surface area contributed by atoms with Gasteiger partial charge < -0.3 is 25.0 Å². The van der Waals surface area contributed by atoms with E-state index in [-0.39, 0.29) is 17.8 Å². The lowest BCUT2D eigenvalue weighted by molar-refractivity contribution is -0.151. The molecule has 1 aromatic carbocycles. The second-order valence-electron chi connectivity index (χ2n) is 7.02. The Kier molecular flexibility index (Phi) is 8.76. The van der Waals surface area contributed by atoms with Gasteiger partial charge >= 0.3 is 12.0 Å². The number of likely N-dealkylation sites (tertiary alicyclic amines) is 1. The molecule has 0 saturated carbocycles. The Morgan fingerprint density at radius 3 is 2.55 bits per heavy atom. The zero-order valence-corrected chi connectivity index (χ0v) is 17.4. The quantitative estimate of drug-likeness (QED) is 0.648. The fraction of sp³-hybridized carbons (Fsp3) is 0.571. The lowest BCUT2D eigenvalue weighted by Gasteiger charge is -2.33. The third-order valence-electron chi connectivity index (χ3n) is 4.93. The second-order valence-corrected chi connectivity index (χ2v) is 7.02. The average molecular weight is 405 g/mol. The van der Waals surface area contributed by atoms with Crippen molar-refractivity contribution in [1.82, 2.24) is 10.2 Å². The van der Waals surface area contributed by atoms with E-state index in [0.717, 1.165) is 6.42 Å². The van der Waals surface area contributed by atoms with Crippen LogP contribution in [0.4, 0.5) is 10.5 Å². The molecule has 1 aromatic rings. The molecule has 1 heterocycles. The number of methoxy groups -OCH3 is 1. The molecular formula is C21H31N3O5. The maximum absolute atomic E-state index is 12.9. The van der Waals surface area contributed by atoms with Crippen LogP contribution in [-0.2, 0) is 14.3 Å². The number of urea groups is 1. The minimum atomic E-state index is -0.607. The maximum atomic E-state index is 12.9. The highest BCUT2D eigenvalue weighted by Crippen LogP contribution is 2.20. The Morgan fingerprint density at radius 1 is 1.21 bits per heavy atom. The van der Waals surface area contributed by atoms with Gasteiger partial charge in [0, 0.05) is 24.8 Å². The first-order valence-corrected chi connectivity index (χ1v) is 10.1. The van der Waals surface area contributed by atoms with Crippen LogP contribution in [-0.4, -0.2) is 55.7 Å². The third kappa shape index (κ3) is 6.66. The van der Waals surface area contributed by atoms with Crippen LogP contribution < -0.4 is 15.4 Å². The lowest BCUT2D eigenvalue weighted by atomic mass is 9.96. The summed E-state index contributed by atoms with van der Waals surface area (Å²) in [5.74, 6) is 0.164. The number of anilines is 1. The fourth-order valence-electron chi connectivity index (χ4n) is 3.39. The molecule has 2 rings (SSSR count). The molecule has 0 aliphatic carbocycles. The highest BCUT2D eigenvalue weighted by molar-refractivity contribution is 5.94. The van der Waals surface area contributed by atoms with Crippen LogP contribution in [0.1, 0.15) is 39.5 Å². The van der Waals surface area contributed by atoms with E-state index in [1.54, 1.807) is 43.2 Å². The van der Waals surface area contributed by atoms with Crippen LogP contribution in [0.5, 0.6) is 5.75 Å². The fourth-order valence-corrected chi connectivity index (χ4v) is 3.39. The van der Waals surface area contributed by atoms with Gasteiger partial charge in [-0.15, -0.1) is 0 Å². The van der Waals surface area contributed by atoms with Gasteiger partial charge in [0.25, 0.3) is 0 Å². The number of benzene rings is 1. The normalized spacial score (nSPS) is 15.3. The summed E-state index contributed by atoms with van der Waals surface area (Å²) in [7, 11) is 1.56. The minimum Gasteiger partial charge on any atom is -0.497 e. The first kappa shape index (κ1) is 22.5. The topological polar surface area (TPSA) is 97.0 Å². The summed E-state index contributed by atoms with van der Waals surface area (Å²) >= 11 is 0. The summed E-state index contributed by atoms with van der Waals surface area (Å²) in [4.78, 5) is 38.9. The van der Waals surface area contributed by atoms with Gasteiger partial charge in [0.05, 0.1) is 19.6 Å². The van der Waals surface area contributed by atoms with E-state index >= 15 is 0 Å². The Bertz CT molecular complexity index is 701. The van der Waals surface area contributed by atoms with E-state index in [0.29, 0.717) is 50.4 Å². The molecule has 1 unspecified atom stereocenters. The number of ether oxygens (including phenoxy) is 2. The van der Waals surface area contributed by atoms with Crippen molar-refractivity contribution in [3.8, 4) is 5.75 Å². The molecule has 1 aliphatic rings. The van der Waals surface area contributed by atoms with Crippen molar-refractivity contribution in [2.24, 2.45) is 5.92 Å². The number of carbonyl (C=O) groups excluding carboxylic acids is 3. The van der Waals surface area contributed by atoms with E-state index in [2.05, 4.69) is 10.6 Å². The van der Waals surface area contributed by atoms with Crippen LogP contribution in [0.15, 0.2) is 24.3 Å². The molecule has 0 aromatic heterocycles. The molecule has 1 saturated heterocycles. The molecule has 1 fully saturated rings. The zero-order valence-electron chi connectivity index (χ0n) is 17.4. The van der Waals surface area contributed by atoms with Gasteiger partial charge in [0.2, 0.25) is 5.91 Å². The van der Waals surface area contributed by atoms with Crippen molar-refractivity contribution in [2.45, 2.75) is 45.6 Å². The lowest BCUT2D eigenvalue weighted by Crippen LogP contribution is -2.52. The standard InChI is InChI=1S/C21H31N3O5/c1-4-7-18(23-21(27)22-16-8-6-9-17(14-16)28-3)19(25)24-12-10-15(11-13-24)20(26)29-5-2/h6,8-9,14-15,18H,4-5,7,10-13H2,1-3H3,(H2,22,23,27). The molecule has 160 valence electrons. The number of rotatable bonds is 8. The predicted octanol–water partition coefficient (Wildman–Crippen LogP) is 2.79. The minimum absolute atomic E-state index is 0.116. The van der Waals surface area contributed by atoms with Crippen molar-refractivity contribution in [3.63, 3.8) is 0 Å². The summed E-state index contributed by atoms with van der Waals surface area (Å²) in [6.45, 7) is 5.09. The molecule has 2 N–H and O–H groups in total. The molecule has 8 heteroatoms. The number of esters is 1. The van der Waals surface area contributed by atoms with E-state index in [1.165, 1.54) is 0 Å².